The Morgan fingerprint density at radius 1 is 0.923 bits per heavy atom. The normalized spacial score (nSPS) is 15.6. The van der Waals surface area contributed by atoms with Crippen LogP contribution >= 0.6 is 0 Å². The van der Waals surface area contributed by atoms with Crippen LogP contribution in [0.5, 0.6) is 0 Å². The molecule has 26 heavy (non-hydrogen) atoms. The number of rotatable bonds is 6. The number of fused-ring (bicyclic) bond motifs is 1. The van der Waals surface area contributed by atoms with Crippen LogP contribution in [-0.4, -0.2) is 42.2 Å². The van der Waals surface area contributed by atoms with Gasteiger partial charge in [0.25, 0.3) is 0 Å². The Morgan fingerprint density at radius 2 is 1.65 bits per heavy atom. The van der Waals surface area contributed by atoms with Gasteiger partial charge in [-0.1, -0.05) is 48.5 Å². The molecule has 1 aliphatic rings. The van der Waals surface area contributed by atoms with E-state index in [9.17, 15) is 0 Å². The van der Waals surface area contributed by atoms with Crippen molar-refractivity contribution in [3.8, 4) is 0 Å². The van der Waals surface area contributed by atoms with Gasteiger partial charge in [0, 0.05) is 49.3 Å². The van der Waals surface area contributed by atoms with Crippen molar-refractivity contribution in [1.82, 2.24) is 14.8 Å². The van der Waals surface area contributed by atoms with Gasteiger partial charge in [0.15, 0.2) is 0 Å². The molecule has 0 unspecified atom stereocenters. The van der Waals surface area contributed by atoms with Gasteiger partial charge in [-0.2, -0.15) is 0 Å². The minimum atomic E-state index is 0.949. The molecule has 2 aromatic carbocycles. The summed E-state index contributed by atoms with van der Waals surface area (Å²) in [4.78, 5) is 2.59. The van der Waals surface area contributed by atoms with Crippen molar-refractivity contribution in [3.63, 3.8) is 0 Å². The fraction of sp³-hybridized carbons (Fsp3) is 0.391. The number of nitrogens with one attached hydrogen (secondary N) is 1. The van der Waals surface area contributed by atoms with Crippen LogP contribution in [0.25, 0.3) is 10.9 Å². The number of piperazine rings is 1. The molecule has 0 saturated carbocycles. The zero-order chi connectivity index (χ0) is 17.8. The van der Waals surface area contributed by atoms with E-state index in [4.69, 9.17) is 0 Å². The second-order valence-corrected chi connectivity index (χ2v) is 7.35. The standard InChI is InChI=1S/C23H29N3/c1-19-21(11-7-15-25-16-13-24-14-17-25)22-10-5-6-12-23(22)26(19)18-20-8-3-2-4-9-20/h2-6,8-10,12,24H,7,11,13-18H2,1H3. The highest BCUT2D eigenvalue weighted by Crippen LogP contribution is 2.28. The van der Waals surface area contributed by atoms with Crippen LogP contribution in [0.1, 0.15) is 23.2 Å². The van der Waals surface area contributed by atoms with Crippen LogP contribution in [0, 0.1) is 6.92 Å². The summed E-state index contributed by atoms with van der Waals surface area (Å²) in [6.45, 7) is 9.10. The lowest BCUT2D eigenvalue weighted by Crippen LogP contribution is -2.43. The van der Waals surface area contributed by atoms with Crippen molar-refractivity contribution >= 4 is 10.9 Å². The highest BCUT2D eigenvalue weighted by molar-refractivity contribution is 5.85. The van der Waals surface area contributed by atoms with Gasteiger partial charge < -0.3 is 14.8 Å². The first-order valence-electron chi connectivity index (χ1n) is 9.86. The lowest BCUT2D eigenvalue weighted by Gasteiger charge is -2.27. The Hall–Kier alpha value is -2.10. The molecule has 1 aliphatic heterocycles. The van der Waals surface area contributed by atoms with Gasteiger partial charge in [-0.3, -0.25) is 0 Å². The summed E-state index contributed by atoms with van der Waals surface area (Å²) >= 11 is 0. The highest BCUT2D eigenvalue weighted by Gasteiger charge is 2.15. The molecular formula is C23H29N3. The fourth-order valence-electron chi connectivity index (χ4n) is 4.20. The summed E-state index contributed by atoms with van der Waals surface area (Å²) in [6, 6.07) is 19.7. The van der Waals surface area contributed by atoms with Gasteiger partial charge in [0.1, 0.15) is 0 Å². The third kappa shape index (κ3) is 3.69. The molecule has 1 aromatic heterocycles. The number of nitrogens with zero attached hydrogens (tertiary/aromatic N) is 2. The number of benzene rings is 2. The van der Waals surface area contributed by atoms with E-state index in [0.29, 0.717) is 0 Å². The second-order valence-electron chi connectivity index (χ2n) is 7.35. The van der Waals surface area contributed by atoms with Crippen LogP contribution < -0.4 is 5.32 Å². The zero-order valence-electron chi connectivity index (χ0n) is 15.7. The van der Waals surface area contributed by atoms with E-state index >= 15 is 0 Å². The molecule has 0 amide bonds. The van der Waals surface area contributed by atoms with E-state index in [-0.39, 0.29) is 0 Å². The van der Waals surface area contributed by atoms with E-state index in [1.54, 1.807) is 0 Å². The SMILES string of the molecule is Cc1c(CCCN2CCNCC2)c2ccccc2n1Cc1ccccc1. The molecule has 136 valence electrons. The molecule has 3 nitrogen and oxygen atoms in total. The minimum absolute atomic E-state index is 0.949. The average molecular weight is 348 g/mol. The first-order valence-corrected chi connectivity index (χ1v) is 9.86. The van der Waals surface area contributed by atoms with E-state index in [2.05, 4.69) is 76.3 Å². The van der Waals surface area contributed by atoms with Crippen molar-refractivity contribution in [2.75, 3.05) is 32.7 Å². The van der Waals surface area contributed by atoms with Gasteiger partial charge in [-0.25, -0.2) is 0 Å². The van der Waals surface area contributed by atoms with Crippen LogP contribution in [0.15, 0.2) is 54.6 Å². The smallest absolute Gasteiger partial charge is 0.0488 e. The monoisotopic (exact) mass is 347 g/mol. The van der Waals surface area contributed by atoms with E-state index in [1.807, 2.05) is 0 Å². The molecule has 0 bridgehead atoms. The molecule has 1 fully saturated rings. The summed E-state index contributed by atoms with van der Waals surface area (Å²) in [7, 11) is 0. The summed E-state index contributed by atoms with van der Waals surface area (Å²) < 4.78 is 2.49. The molecule has 0 atom stereocenters. The zero-order valence-corrected chi connectivity index (χ0v) is 15.7. The summed E-state index contributed by atoms with van der Waals surface area (Å²) in [5.74, 6) is 0. The van der Waals surface area contributed by atoms with Crippen LogP contribution in [0.2, 0.25) is 0 Å². The molecule has 4 rings (SSSR count). The van der Waals surface area contributed by atoms with Gasteiger partial charge in [-0.15, -0.1) is 0 Å². The maximum atomic E-state index is 3.44. The Balaban J connectivity index is 1.55. The molecule has 1 saturated heterocycles. The number of aromatic nitrogens is 1. The Morgan fingerprint density at radius 3 is 2.46 bits per heavy atom. The summed E-state index contributed by atoms with van der Waals surface area (Å²) in [6.07, 6.45) is 2.40. The molecular weight excluding hydrogens is 318 g/mol. The molecule has 3 heteroatoms. The van der Waals surface area contributed by atoms with Gasteiger partial charge >= 0.3 is 0 Å². The molecule has 0 radical (unpaired) electrons. The third-order valence-electron chi connectivity index (χ3n) is 5.66. The third-order valence-corrected chi connectivity index (χ3v) is 5.66. The fourth-order valence-corrected chi connectivity index (χ4v) is 4.20. The number of aryl methyl sites for hydroxylation is 1. The van der Waals surface area contributed by atoms with E-state index in [1.165, 1.54) is 53.8 Å². The first-order chi connectivity index (χ1) is 12.8. The van der Waals surface area contributed by atoms with Crippen molar-refractivity contribution < 1.29 is 0 Å². The van der Waals surface area contributed by atoms with Crippen molar-refractivity contribution in [1.29, 1.82) is 0 Å². The quantitative estimate of drug-likeness (QED) is 0.731. The molecule has 1 N–H and O–H groups in total. The van der Waals surface area contributed by atoms with E-state index < -0.39 is 0 Å². The number of hydrogen-bond acceptors (Lipinski definition) is 2. The van der Waals surface area contributed by atoms with Crippen LogP contribution in [0.4, 0.5) is 0 Å². The summed E-state index contributed by atoms with van der Waals surface area (Å²) in [5, 5.41) is 4.87. The van der Waals surface area contributed by atoms with Crippen LogP contribution in [-0.2, 0) is 13.0 Å². The lowest BCUT2D eigenvalue weighted by molar-refractivity contribution is 0.238. The number of hydrogen-bond donors (Lipinski definition) is 1. The first kappa shape index (κ1) is 17.3. The predicted molar refractivity (Wildman–Crippen MR) is 110 cm³/mol. The second kappa shape index (κ2) is 8.07. The molecule has 2 heterocycles. The van der Waals surface area contributed by atoms with Gasteiger partial charge in [0.2, 0.25) is 0 Å². The minimum Gasteiger partial charge on any atom is -0.340 e. The van der Waals surface area contributed by atoms with Gasteiger partial charge in [-0.05, 0) is 43.5 Å². The van der Waals surface area contributed by atoms with Crippen molar-refractivity contribution in [3.05, 3.63) is 71.4 Å². The topological polar surface area (TPSA) is 20.2 Å². The Bertz CT molecular complexity index is 845. The number of para-hydroxylation sites is 1. The molecule has 3 aromatic rings. The van der Waals surface area contributed by atoms with E-state index in [0.717, 1.165) is 26.1 Å². The van der Waals surface area contributed by atoms with Crippen molar-refractivity contribution in [2.45, 2.75) is 26.3 Å². The predicted octanol–water partition coefficient (Wildman–Crippen LogP) is 3.84. The Labute approximate surface area is 156 Å². The molecule has 0 aliphatic carbocycles. The largest absolute Gasteiger partial charge is 0.340 e. The van der Waals surface area contributed by atoms with Crippen molar-refractivity contribution in [2.24, 2.45) is 0 Å². The highest BCUT2D eigenvalue weighted by atomic mass is 15.2. The lowest BCUT2D eigenvalue weighted by atomic mass is 10.1. The average Bonchev–Trinajstić information content (AvgIpc) is 2.96. The maximum absolute atomic E-state index is 3.44. The van der Waals surface area contributed by atoms with Gasteiger partial charge in [0.05, 0.1) is 0 Å². The van der Waals surface area contributed by atoms with Crippen LogP contribution in [0.3, 0.4) is 0 Å². The maximum Gasteiger partial charge on any atom is 0.0488 e. The summed E-state index contributed by atoms with van der Waals surface area (Å²) in [5.41, 5.74) is 5.69. The molecule has 0 spiro atoms. The Kier molecular flexibility index (Phi) is 5.37.